The first-order valence-electron chi connectivity index (χ1n) is 12.7. The van der Waals surface area contributed by atoms with E-state index >= 15 is 0 Å². The monoisotopic (exact) mass is 497 g/mol. The molecule has 1 aliphatic heterocycles. The number of hydrogen-bond acceptors (Lipinski definition) is 3. The van der Waals surface area contributed by atoms with E-state index in [0.717, 1.165) is 56.2 Å². The van der Waals surface area contributed by atoms with Gasteiger partial charge in [-0.1, -0.05) is 36.6 Å². The van der Waals surface area contributed by atoms with E-state index in [4.69, 9.17) is 11.6 Å². The summed E-state index contributed by atoms with van der Waals surface area (Å²) >= 11 is 6.14. The molecule has 0 radical (unpaired) electrons. The van der Waals surface area contributed by atoms with Crippen molar-refractivity contribution in [3.8, 4) is 0 Å². The molecule has 2 amide bonds. The number of piperidine rings is 1. The largest absolute Gasteiger partial charge is 0.335 e. The Morgan fingerprint density at radius 2 is 1.94 bits per heavy atom. The van der Waals surface area contributed by atoms with E-state index in [1.54, 1.807) is 12.1 Å². The topological polar surface area (TPSA) is 73.0 Å². The number of amides is 2. The third-order valence-corrected chi connectivity index (χ3v) is 7.81. The Labute approximate surface area is 210 Å². The number of H-pyrrole nitrogens is 1. The smallest absolute Gasteiger partial charge is 0.319 e. The van der Waals surface area contributed by atoms with Crippen LogP contribution in [0.5, 0.6) is 0 Å². The number of hydrogen-bond donors (Lipinski definition) is 3. The van der Waals surface area contributed by atoms with Crippen molar-refractivity contribution in [2.24, 2.45) is 11.8 Å². The second-order valence-electron chi connectivity index (χ2n) is 10.1. The van der Waals surface area contributed by atoms with Crippen LogP contribution in [0.4, 0.5) is 14.9 Å². The molecule has 186 valence electrons. The molecule has 35 heavy (non-hydrogen) atoms. The number of carbonyl (C=O) groups excluding carboxylic acids is 1. The highest BCUT2D eigenvalue weighted by Gasteiger charge is 2.30. The van der Waals surface area contributed by atoms with Crippen molar-refractivity contribution in [1.82, 2.24) is 20.4 Å². The predicted octanol–water partition coefficient (Wildman–Crippen LogP) is 5.99. The van der Waals surface area contributed by atoms with Gasteiger partial charge in [0.05, 0.1) is 5.52 Å². The maximum absolute atomic E-state index is 13.2. The maximum atomic E-state index is 13.2. The summed E-state index contributed by atoms with van der Waals surface area (Å²) in [6, 6.07) is 12.5. The number of carbonyl (C=O) groups is 1. The number of nitrogens with zero attached hydrogens (tertiary/aromatic N) is 2. The number of urea groups is 1. The summed E-state index contributed by atoms with van der Waals surface area (Å²) < 4.78 is 13.2. The standard InChI is InChI=1S/C27H33ClFN5O/c28-26-23-15-22(11-12-25(23)32-33-26)30-27(35)31-24-6-2-1-5-20(24)17-34-13-3-4-19(16-34)14-18-7-9-21(29)10-8-18/h7-12,15,19-20,24H,1-6,13-14,16-17H2,(H,32,33)(H2,30,31,35)/t19-,20-,24+/m0/s1. The van der Waals surface area contributed by atoms with Crippen molar-refractivity contribution < 1.29 is 9.18 Å². The summed E-state index contributed by atoms with van der Waals surface area (Å²) in [7, 11) is 0. The highest BCUT2D eigenvalue weighted by molar-refractivity contribution is 6.34. The second kappa shape index (κ2) is 11.0. The number of nitrogens with one attached hydrogen (secondary N) is 3. The Balaban J connectivity index is 1.16. The zero-order valence-corrected chi connectivity index (χ0v) is 20.7. The van der Waals surface area contributed by atoms with E-state index in [2.05, 4.69) is 25.7 Å². The van der Waals surface area contributed by atoms with E-state index in [9.17, 15) is 9.18 Å². The molecule has 0 unspecified atom stereocenters. The minimum Gasteiger partial charge on any atom is -0.335 e. The quantitative estimate of drug-likeness (QED) is 0.391. The molecule has 2 heterocycles. The fraction of sp³-hybridized carbons (Fsp3) is 0.481. The lowest BCUT2D eigenvalue weighted by Gasteiger charge is -2.39. The van der Waals surface area contributed by atoms with Crippen LogP contribution in [0.1, 0.15) is 44.1 Å². The number of aromatic nitrogens is 2. The zero-order chi connectivity index (χ0) is 24.2. The molecule has 1 aromatic heterocycles. The van der Waals surface area contributed by atoms with E-state index in [-0.39, 0.29) is 17.9 Å². The van der Waals surface area contributed by atoms with Gasteiger partial charge >= 0.3 is 6.03 Å². The SMILES string of the molecule is O=C(Nc1ccc2n[nH]c(Cl)c2c1)N[C@@H]1CCCC[C@H]1CN1CCC[C@@H](Cc2ccc(F)cc2)C1. The summed E-state index contributed by atoms with van der Waals surface area (Å²) in [5.41, 5.74) is 2.68. The molecule has 3 N–H and O–H groups in total. The fourth-order valence-corrected chi connectivity index (χ4v) is 5.97. The molecule has 3 atom stereocenters. The molecule has 1 saturated carbocycles. The van der Waals surface area contributed by atoms with Gasteiger partial charge in [-0.3, -0.25) is 5.10 Å². The Kier molecular flexibility index (Phi) is 7.54. The van der Waals surface area contributed by atoms with Gasteiger partial charge < -0.3 is 15.5 Å². The summed E-state index contributed by atoms with van der Waals surface area (Å²) in [4.78, 5) is 15.4. The molecule has 1 aliphatic carbocycles. The average molecular weight is 498 g/mol. The van der Waals surface area contributed by atoms with Gasteiger partial charge in [0.25, 0.3) is 0 Å². The molecule has 2 aromatic carbocycles. The minimum absolute atomic E-state index is 0.169. The van der Waals surface area contributed by atoms with Crippen LogP contribution < -0.4 is 10.6 Å². The van der Waals surface area contributed by atoms with Crippen molar-refractivity contribution in [1.29, 1.82) is 0 Å². The zero-order valence-electron chi connectivity index (χ0n) is 19.9. The molecular formula is C27H33ClFN5O. The first-order chi connectivity index (χ1) is 17.0. The van der Waals surface area contributed by atoms with Gasteiger partial charge in [-0.15, -0.1) is 0 Å². The minimum atomic E-state index is -0.176. The van der Waals surface area contributed by atoms with Gasteiger partial charge in [0, 0.05) is 30.2 Å². The lowest BCUT2D eigenvalue weighted by molar-refractivity contribution is 0.123. The van der Waals surface area contributed by atoms with E-state index < -0.39 is 0 Å². The summed E-state index contributed by atoms with van der Waals surface area (Å²) in [5.74, 6) is 0.867. The van der Waals surface area contributed by atoms with E-state index in [1.165, 1.54) is 24.8 Å². The van der Waals surface area contributed by atoms with Crippen molar-refractivity contribution in [3.63, 3.8) is 0 Å². The van der Waals surface area contributed by atoms with Gasteiger partial charge in [-0.05, 0) is 86.4 Å². The number of fused-ring (bicyclic) bond motifs is 1. The van der Waals surface area contributed by atoms with Gasteiger partial charge in [0.2, 0.25) is 0 Å². The molecule has 1 saturated heterocycles. The van der Waals surface area contributed by atoms with Crippen molar-refractivity contribution >= 4 is 34.2 Å². The van der Waals surface area contributed by atoms with Crippen LogP contribution >= 0.6 is 11.6 Å². The summed E-state index contributed by atoms with van der Waals surface area (Å²) in [5, 5.41) is 14.4. The fourth-order valence-electron chi connectivity index (χ4n) is 5.78. The normalized spacial score (nSPS) is 23.3. The van der Waals surface area contributed by atoms with Crippen LogP contribution in [0.15, 0.2) is 42.5 Å². The van der Waals surface area contributed by atoms with Crippen LogP contribution in [0.3, 0.4) is 0 Å². The van der Waals surface area contributed by atoms with E-state index in [0.29, 0.717) is 22.7 Å². The number of aromatic amines is 1. The first-order valence-corrected chi connectivity index (χ1v) is 13.1. The van der Waals surface area contributed by atoms with Crippen LogP contribution in [-0.2, 0) is 6.42 Å². The molecule has 0 bridgehead atoms. The first kappa shape index (κ1) is 24.1. The molecule has 6 nitrogen and oxygen atoms in total. The number of rotatable bonds is 6. The second-order valence-corrected chi connectivity index (χ2v) is 10.5. The Bertz CT molecular complexity index is 1150. The third-order valence-electron chi connectivity index (χ3n) is 7.52. The van der Waals surface area contributed by atoms with Crippen molar-refractivity contribution in [2.45, 2.75) is 51.0 Å². The average Bonchev–Trinajstić information content (AvgIpc) is 3.22. The van der Waals surface area contributed by atoms with Gasteiger partial charge in [-0.2, -0.15) is 5.10 Å². The molecule has 5 rings (SSSR count). The van der Waals surface area contributed by atoms with Crippen LogP contribution in [0.2, 0.25) is 5.15 Å². The van der Waals surface area contributed by atoms with Gasteiger partial charge in [0.15, 0.2) is 0 Å². The third kappa shape index (κ3) is 6.14. The van der Waals surface area contributed by atoms with Crippen LogP contribution in [0.25, 0.3) is 10.9 Å². The molecule has 0 spiro atoms. The van der Waals surface area contributed by atoms with Crippen LogP contribution in [-0.4, -0.2) is 46.8 Å². The van der Waals surface area contributed by atoms with Gasteiger partial charge in [-0.25, -0.2) is 9.18 Å². The highest BCUT2D eigenvalue weighted by atomic mass is 35.5. The van der Waals surface area contributed by atoms with Crippen LogP contribution in [0, 0.1) is 17.7 Å². The Hall–Kier alpha value is -2.64. The Morgan fingerprint density at radius 3 is 2.80 bits per heavy atom. The van der Waals surface area contributed by atoms with Crippen molar-refractivity contribution in [3.05, 3.63) is 59.0 Å². The van der Waals surface area contributed by atoms with Gasteiger partial charge in [0.1, 0.15) is 11.0 Å². The number of anilines is 1. The molecule has 2 fully saturated rings. The lowest BCUT2D eigenvalue weighted by atomic mass is 9.83. The number of likely N-dealkylation sites (tertiary alicyclic amines) is 1. The van der Waals surface area contributed by atoms with E-state index in [1.807, 2.05) is 30.3 Å². The molecular weight excluding hydrogens is 465 g/mol. The number of halogens is 2. The summed E-state index contributed by atoms with van der Waals surface area (Å²) in [6.45, 7) is 3.19. The molecule has 2 aliphatic rings. The highest BCUT2D eigenvalue weighted by Crippen LogP contribution is 2.29. The summed E-state index contributed by atoms with van der Waals surface area (Å²) in [6.07, 6.45) is 7.91. The molecule has 8 heteroatoms. The Morgan fingerprint density at radius 1 is 1.11 bits per heavy atom. The van der Waals surface area contributed by atoms with Crippen molar-refractivity contribution in [2.75, 3.05) is 25.0 Å². The lowest BCUT2D eigenvalue weighted by Crippen LogP contribution is -2.49. The molecule has 3 aromatic rings. The maximum Gasteiger partial charge on any atom is 0.319 e. The number of benzene rings is 2. The predicted molar refractivity (Wildman–Crippen MR) is 138 cm³/mol.